The molecule has 0 aromatic heterocycles. The van der Waals surface area contributed by atoms with E-state index in [2.05, 4.69) is 13.6 Å². The van der Waals surface area contributed by atoms with E-state index in [4.69, 9.17) is 0 Å². The highest BCUT2D eigenvalue weighted by molar-refractivity contribution is 6.70. The predicted octanol–water partition coefficient (Wildman–Crippen LogP) is 2.10. The summed E-state index contributed by atoms with van der Waals surface area (Å²) >= 11 is 0. The molecule has 11 heavy (non-hydrogen) atoms. The SMILES string of the molecule is CB(C)c1cc(C)cc(F)c1. The maximum atomic E-state index is 12.8. The average Bonchev–Trinajstić information content (AvgIpc) is 1.85. The van der Waals surface area contributed by atoms with E-state index in [1.807, 2.05) is 13.0 Å². The van der Waals surface area contributed by atoms with E-state index >= 15 is 0 Å². The Bertz CT molecular complexity index is 235. The topological polar surface area (TPSA) is 0 Å². The largest absolute Gasteiger partial charge is 0.207 e. The van der Waals surface area contributed by atoms with Gasteiger partial charge in [0.2, 0.25) is 0 Å². The van der Waals surface area contributed by atoms with Gasteiger partial charge in [-0.05, 0) is 24.6 Å². The van der Waals surface area contributed by atoms with Gasteiger partial charge in [0.1, 0.15) is 5.82 Å². The van der Waals surface area contributed by atoms with Gasteiger partial charge in [-0.2, -0.15) is 0 Å². The minimum Gasteiger partial charge on any atom is -0.207 e. The average molecular weight is 150 g/mol. The molecule has 0 nitrogen and oxygen atoms in total. The molecule has 0 unspecified atom stereocenters. The number of hydrogen-bond donors (Lipinski definition) is 0. The van der Waals surface area contributed by atoms with Crippen LogP contribution in [0.4, 0.5) is 4.39 Å². The molecule has 1 aromatic rings. The van der Waals surface area contributed by atoms with Crippen LogP contribution in [0.15, 0.2) is 18.2 Å². The van der Waals surface area contributed by atoms with Gasteiger partial charge in [-0.25, -0.2) is 4.39 Å². The molecule has 0 fully saturated rings. The number of halogens is 1. The van der Waals surface area contributed by atoms with E-state index < -0.39 is 0 Å². The Kier molecular flexibility index (Phi) is 2.33. The molecule has 2 heteroatoms. The molecular weight excluding hydrogens is 138 g/mol. The first kappa shape index (κ1) is 8.31. The lowest BCUT2D eigenvalue weighted by Crippen LogP contribution is -2.23. The van der Waals surface area contributed by atoms with Crippen molar-refractivity contribution in [2.75, 3.05) is 0 Å². The van der Waals surface area contributed by atoms with Crippen LogP contribution in [0.3, 0.4) is 0 Å². The fourth-order valence-corrected chi connectivity index (χ4v) is 1.10. The summed E-state index contributed by atoms with van der Waals surface area (Å²) in [4.78, 5) is 0. The van der Waals surface area contributed by atoms with E-state index in [1.165, 1.54) is 0 Å². The van der Waals surface area contributed by atoms with Gasteiger partial charge in [-0.3, -0.25) is 0 Å². The molecule has 0 amide bonds. The normalized spacial score (nSPS) is 9.82. The Morgan fingerprint density at radius 3 is 2.27 bits per heavy atom. The van der Waals surface area contributed by atoms with Crippen LogP contribution in [0.1, 0.15) is 5.56 Å². The molecule has 0 aliphatic rings. The number of rotatable bonds is 1. The van der Waals surface area contributed by atoms with Crippen molar-refractivity contribution in [1.29, 1.82) is 0 Å². The standard InChI is InChI=1S/C9H12BF/c1-7-4-8(10(2)3)6-9(11)5-7/h4-6H,1-3H3. The molecule has 1 rings (SSSR count). The Balaban J connectivity index is 3.08. The first-order chi connectivity index (χ1) is 5.09. The first-order valence-corrected chi connectivity index (χ1v) is 3.86. The second kappa shape index (κ2) is 3.08. The Labute approximate surface area is 67.5 Å². The molecule has 0 spiro atoms. The van der Waals surface area contributed by atoms with E-state index in [9.17, 15) is 4.39 Å². The summed E-state index contributed by atoms with van der Waals surface area (Å²) in [6.07, 6.45) is 0. The molecule has 0 atom stereocenters. The van der Waals surface area contributed by atoms with Crippen LogP contribution in [0.5, 0.6) is 0 Å². The second-order valence-corrected chi connectivity index (χ2v) is 3.22. The van der Waals surface area contributed by atoms with Crippen molar-refractivity contribution in [3.63, 3.8) is 0 Å². The van der Waals surface area contributed by atoms with Gasteiger partial charge in [-0.15, -0.1) is 0 Å². The summed E-state index contributed by atoms with van der Waals surface area (Å²) in [7, 11) is 0. The van der Waals surface area contributed by atoms with Crippen molar-refractivity contribution in [1.82, 2.24) is 0 Å². The van der Waals surface area contributed by atoms with E-state index in [1.54, 1.807) is 12.1 Å². The van der Waals surface area contributed by atoms with Crippen LogP contribution in [0.25, 0.3) is 0 Å². The summed E-state index contributed by atoms with van der Waals surface area (Å²) in [5, 5.41) is 0. The summed E-state index contributed by atoms with van der Waals surface area (Å²) in [5.41, 5.74) is 2.07. The van der Waals surface area contributed by atoms with Crippen molar-refractivity contribution in [2.24, 2.45) is 0 Å². The highest BCUT2D eigenvalue weighted by atomic mass is 19.1. The summed E-state index contributed by atoms with van der Waals surface area (Å²) in [5.74, 6) is -0.131. The van der Waals surface area contributed by atoms with Crippen molar-refractivity contribution < 1.29 is 4.39 Å². The quantitative estimate of drug-likeness (QED) is 0.537. The van der Waals surface area contributed by atoms with E-state index in [0.29, 0.717) is 6.71 Å². The third-order valence-electron chi connectivity index (χ3n) is 1.73. The van der Waals surface area contributed by atoms with E-state index in [0.717, 1.165) is 11.0 Å². The number of aryl methyl sites for hydroxylation is 1. The van der Waals surface area contributed by atoms with Crippen molar-refractivity contribution in [3.05, 3.63) is 29.6 Å². The van der Waals surface area contributed by atoms with Crippen LogP contribution in [0.2, 0.25) is 13.6 Å². The Morgan fingerprint density at radius 1 is 1.18 bits per heavy atom. The first-order valence-electron chi connectivity index (χ1n) is 3.86. The van der Waals surface area contributed by atoms with Gasteiger partial charge < -0.3 is 0 Å². The van der Waals surface area contributed by atoms with Gasteiger partial charge in [0.05, 0.1) is 0 Å². The minimum atomic E-state index is -0.131. The predicted molar refractivity (Wildman–Crippen MR) is 48.3 cm³/mol. The summed E-state index contributed by atoms with van der Waals surface area (Å²) in [6, 6.07) is 5.16. The Morgan fingerprint density at radius 2 is 1.82 bits per heavy atom. The highest BCUT2D eigenvalue weighted by Gasteiger charge is 2.04. The minimum absolute atomic E-state index is 0.131. The highest BCUT2D eigenvalue weighted by Crippen LogP contribution is 2.00. The third-order valence-corrected chi connectivity index (χ3v) is 1.73. The maximum absolute atomic E-state index is 12.8. The van der Waals surface area contributed by atoms with Crippen LogP contribution in [0, 0.1) is 12.7 Å². The zero-order valence-electron chi connectivity index (χ0n) is 7.19. The lowest BCUT2D eigenvalue weighted by Gasteiger charge is -2.03. The molecule has 0 saturated carbocycles. The van der Waals surface area contributed by atoms with Gasteiger partial charge in [0, 0.05) is 0 Å². The van der Waals surface area contributed by atoms with E-state index in [-0.39, 0.29) is 5.82 Å². The van der Waals surface area contributed by atoms with Crippen molar-refractivity contribution >= 4 is 12.2 Å². The monoisotopic (exact) mass is 150 g/mol. The maximum Gasteiger partial charge on any atom is 0.169 e. The van der Waals surface area contributed by atoms with Crippen molar-refractivity contribution in [2.45, 2.75) is 20.6 Å². The van der Waals surface area contributed by atoms with Gasteiger partial charge in [-0.1, -0.05) is 25.2 Å². The van der Waals surface area contributed by atoms with Gasteiger partial charge >= 0.3 is 0 Å². The van der Waals surface area contributed by atoms with Gasteiger partial charge in [0.25, 0.3) is 0 Å². The third kappa shape index (κ3) is 2.07. The smallest absolute Gasteiger partial charge is 0.169 e. The molecular formula is C9H12BF. The summed E-state index contributed by atoms with van der Waals surface area (Å²) in [6.45, 7) is 6.45. The molecule has 0 heterocycles. The molecule has 0 aliphatic heterocycles. The summed E-state index contributed by atoms with van der Waals surface area (Å²) < 4.78 is 12.8. The molecule has 1 aromatic carbocycles. The lowest BCUT2D eigenvalue weighted by molar-refractivity contribution is 0.628. The van der Waals surface area contributed by atoms with Crippen LogP contribution < -0.4 is 5.46 Å². The molecule has 0 bridgehead atoms. The molecule has 58 valence electrons. The zero-order chi connectivity index (χ0) is 8.43. The molecule has 0 saturated heterocycles. The molecule has 0 aliphatic carbocycles. The fourth-order valence-electron chi connectivity index (χ4n) is 1.10. The molecule has 0 radical (unpaired) electrons. The number of benzene rings is 1. The second-order valence-electron chi connectivity index (χ2n) is 3.22. The Hall–Kier alpha value is -0.785. The number of hydrogen-bond acceptors (Lipinski definition) is 0. The zero-order valence-corrected chi connectivity index (χ0v) is 7.19. The van der Waals surface area contributed by atoms with Crippen LogP contribution in [-0.4, -0.2) is 6.71 Å². The molecule has 0 N–H and O–H groups in total. The van der Waals surface area contributed by atoms with Crippen molar-refractivity contribution in [3.8, 4) is 0 Å². The van der Waals surface area contributed by atoms with Crippen LogP contribution in [-0.2, 0) is 0 Å². The van der Waals surface area contributed by atoms with Crippen LogP contribution >= 0.6 is 0 Å². The fraction of sp³-hybridized carbons (Fsp3) is 0.333. The lowest BCUT2D eigenvalue weighted by atomic mass is 9.49. The van der Waals surface area contributed by atoms with Gasteiger partial charge in [0.15, 0.2) is 6.71 Å².